The smallest absolute Gasteiger partial charge is 0.229 e. The molecule has 4 heterocycles. The van der Waals surface area contributed by atoms with Gasteiger partial charge in [-0.05, 0) is 89.0 Å². The van der Waals surface area contributed by atoms with E-state index in [0.29, 0.717) is 34.3 Å². The third kappa shape index (κ3) is 5.42. The minimum absolute atomic E-state index is 0.255. The van der Waals surface area contributed by atoms with Gasteiger partial charge in [0.25, 0.3) is 0 Å². The molecule has 0 saturated carbocycles. The summed E-state index contributed by atoms with van der Waals surface area (Å²) in [7, 11) is 2.20. The van der Waals surface area contributed by atoms with E-state index >= 15 is 4.39 Å². The average molecular weight is 499 g/mol. The predicted molar refractivity (Wildman–Crippen MR) is 138 cm³/mol. The number of nitrogens with zero attached hydrogens (tertiary/aromatic N) is 5. The molecule has 2 fully saturated rings. The summed E-state index contributed by atoms with van der Waals surface area (Å²) < 4.78 is 15.2. The molecule has 0 bridgehead atoms. The number of H-pyrrole nitrogens is 1. The highest BCUT2D eigenvalue weighted by molar-refractivity contribution is 6.32. The standard InChI is InChI=1S/C25H32ClFN8/c1-15-10-22(29-25-28-13-20(26)24(31-25)30-23-11-16(2)32-33-23)21(27)12-19(15)17-4-8-35(9-5-17)18-6-7-34(3)14-18/h10-13,17-18H,4-9,14H2,1-3H3,(H3,28,29,30,31,32,33). The zero-order chi connectivity index (χ0) is 24.5. The number of piperidine rings is 1. The quantitative estimate of drug-likeness (QED) is 0.442. The summed E-state index contributed by atoms with van der Waals surface area (Å²) in [5.74, 6) is 1.32. The van der Waals surface area contributed by atoms with Gasteiger partial charge in [-0.3, -0.25) is 10.00 Å². The molecule has 2 aliphatic rings. The molecule has 3 aromatic rings. The second-order valence-corrected chi connectivity index (χ2v) is 10.2. The zero-order valence-electron chi connectivity index (χ0n) is 20.4. The SMILES string of the molecule is Cc1cc(Nc2nc(Nc3cc(C)c(C4CCN(C5CCN(C)C5)CC4)cc3F)ncc2Cl)n[nH]1. The van der Waals surface area contributed by atoms with Crippen LogP contribution in [-0.2, 0) is 0 Å². The van der Waals surface area contributed by atoms with Crippen LogP contribution in [0.4, 0.5) is 27.7 Å². The Morgan fingerprint density at radius 3 is 2.57 bits per heavy atom. The van der Waals surface area contributed by atoms with Gasteiger partial charge in [-0.15, -0.1) is 0 Å². The van der Waals surface area contributed by atoms with Crippen LogP contribution >= 0.6 is 11.6 Å². The van der Waals surface area contributed by atoms with Crippen LogP contribution in [-0.4, -0.2) is 69.2 Å². The van der Waals surface area contributed by atoms with Gasteiger partial charge in [0.1, 0.15) is 10.8 Å². The van der Waals surface area contributed by atoms with E-state index in [1.165, 1.54) is 19.2 Å². The largest absolute Gasteiger partial charge is 0.322 e. The van der Waals surface area contributed by atoms with Crippen LogP contribution in [0.5, 0.6) is 0 Å². The summed E-state index contributed by atoms with van der Waals surface area (Å²) >= 11 is 6.24. The molecule has 2 aromatic heterocycles. The first-order valence-corrected chi connectivity index (χ1v) is 12.5. The third-order valence-corrected chi connectivity index (χ3v) is 7.43. The summed E-state index contributed by atoms with van der Waals surface area (Å²) in [6.07, 6.45) is 4.86. The van der Waals surface area contributed by atoms with Crippen molar-refractivity contribution in [3.8, 4) is 0 Å². The number of aromatic nitrogens is 4. The monoisotopic (exact) mass is 498 g/mol. The van der Waals surface area contributed by atoms with E-state index in [9.17, 15) is 0 Å². The van der Waals surface area contributed by atoms with Crippen molar-refractivity contribution in [3.63, 3.8) is 0 Å². The molecule has 2 aliphatic heterocycles. The molecule has 0 amide bonds. The summed E-state index contributed by atoms with van der Waals surface area (Å²) in [6, 6.07) is 6.04. The molecule has 35 heavy (non-hydrogen) atoms. The van der Waals surface area contributed by atoms with Gasteiger partial charge in [0.15, 0.2) is 11.6 Å². The number of anilines is 4. The van der Waals surface area contributed by atoms with Gasteiger partial charge in [-0.1, -0.05) is 11.6 Å². The van der Waals surface area contributed by atoms with Gasteiger partial charge in [-0.25, -0.2) is 9.37 Å². The summed E-state index contributed by atoms with van der Waals surface area (Å²) in [6.45, 7) is 8.44. The van der Waals surface area contributed by atoms with Gasteiger partial charge in [0.2, 0.25) is 5.95 Å². The molecule has 0 radical (unpaired) electrons. The molecule has 1 atom stereocenters. The fourth-order valence-electron chi connectivity index (χ4n) is 5.26. The molecular weight excluding hydrogens is 467 g/mol. The van der Waals surface area contributed by atoms with E-state index < -0.39 is 0 Å². The van der Waals surface area contributed by atoms with E-state index in [4.69, 9.17) is 11.6 Å². The number of aryl methyl sites for hydroxylation is 2. The van der Waals surface area contributed by atoms with Crippen molar-refractivity contribution in [1.82, 2.24) is 30.0 Å². The number of rotatable bonds is 6. The van der Waals surface area contributed by atoms with E-state index in [2.05, 4.69) is 47.6 Å². The number of aromatic amines is 1. The Morgan fingerprint density at radius 2 is 1.89 bits per heavy atom. The maximum absolute atomic E-state index is 15.2. The highest BCUT2D eigenvalue weighted by Crippen LogP contribution is 2.35. The van der Waals surface area contributed by atoms with Gasteiger partial charge in [0.05, 0.1) is 11.9 Å². The van der Waals surface area contributed by atoms with Crippen LogP contribution in [0.15, 0.2) is 24.4 Å². The van der Waals surface area contributed by atoms with E-state index in [1.54, 1.807) is 6.07 Å². The lowest BCUT2D eigenvalue weighted by molar-refractivity contribution is 0.154. The number of benzene rings is 1. The molecule has 5 rings (SSSR count). The van der Waals surface area contributed by atoms with Gasteiger partial charge in [-0.2, -0.15) is 10.1 Å². The minimum atomic E-state index is -0.304. The fourth-order valence-corrected chi connectivity index (χ4v) is 5.40. The second-order valence-electron chi connectivity index (χ2n) is 9.78. The molecule has 2 saturated heterocycles. The van der Waals surface area contributed by atoms with Crippen molar-refractivity contribution < 1.29 is 4.39 Å². The third-order valence-electron chi connectivity index (χ3n) is 7.15. The number of halogens is 2. The number of hydrogen-bond acceptors (Lipinski definition) is 7. The van der Waals surface area contributed by atoms with Gasteiger partial charge >= 0.3 is 0 Å². The molecule has 3 N–H and O–H groups in total. The van der Waals surface area contributed by atoms with E-state index in [1.807, 2.05) is 26.0 Å². The van der Waals surface area contributed by atoms with Crippen molar-refractivity contribution >= 4 is 34.9 Å². The lowest BCUT2D eigenvalue weighted by Gasteiger charge is -2.36. The van der Waals surface area contributed by atoms with Gasteiger partial charge in [0, 0.05) is 24.3 Å². The number of hydrogen-bond donors (Lipinski definition) is 3. The Morgan fingerprint density at radius 1 is 1.09 bits per heavy atom. The summed E-state index contributed by atoms with van der Waals surface area (Å²) in [4.78, 5) is 13.7. The molecule has 8 nitrogen and oxygen atoms in total. The average Bonchev–Trinajstić information content (AvgIpc) is 3.46. The van der Waals surface area contributed by atoms with Crippen LogP contribution in [0, 0.1) is 19.7 Å². The number of likely N-dealkylation sites (N-methyl/N-ethyl adjacent to an activating group) is 1. The van der Waals surface area contributed by atoms with Crippen LogP contribution < -0.4 is 10.6 Å². The Kier molecular flexibility index (Phi) is 6.91. The molecule has 186 valence electrons. The predicted octanol–water partition coefficient (Wildman–Crippen LogP) is 4.98. The highest BCUT2D eigenvalue weighted by Gasteiger charge is 2.30. The molecule has 10 heteroatoms. The number of nitrogens with one attached hydrogen (secondary N) is 3. The lowest BCUT2D eigenvalue weighted by Crippen LogP contribution is -2.42. The maximum Gasteiger partial charge on any atom is 0.229 e. The first-order valence-electron chi connectivity index (χ1n) is 12.2. The van der Waals surface area contributed by atoms with Crippen molar-refractivity contribution in [3.05, 3.63) is 52.1 Å². The Bertz CT molecular complexity index is 1190. The Labute approximate surface area is 210 Å². The van der Waals surface area contributed by atoms with Crippen LogP contribution in [0.3, 0.4) is 0 Å². The number of likely N-dealkylation sites (tertiary alicyclic amines) is 2. The minimum Gasteiger partial charge on any atom is -0.322 e. The van der Waals surface area contributed by atoms with Crippen molar-refractivity contribution in [2.24, 2.45) is 0 Å². The van der Waals surface area contributed by atoms with Crippen molar-refractivity contribution in [1.29, 1.82) is 0 Å². The van der Waals surface area contributed by atoms with E-state index in [0.717, 1.165) is 49.3 Å². The van der Waals surface area contributed by atoms with Gasteiger partial charge < -0.3 is 15.5 Å². The van der Waals surface area contributed by atoms with Crippen LogP contribution in [0.2, 0.25) is 5.02 Å². The summed E-state index contributed by atoms with van der Waals surface area (Å²) in [5, 5.41) is 13.4. The molecule has 0 spiro atoms. The van der Waals surface area contributed by atoms with Crippen molar-refractivity contribution in [2.75, 3.05) is 43.9 Å². The highest BCUT2D eigenvalue weighted by atomic mass is 35.5. The normalized spacial score (nSPS) is 19.9. The zero-order valence-corrected chi connectivity index (χ0v) is 21.2. The topological polar surface area (TPSA) is 85.0 Å². The first-order chi connectivity index (χ1) is 16.9. The van der Waals surface area contributed by atoms with Crippen LogP contribution in [0.1, 0.15) is 42.0 Å². The Balaban J connectivity index is 1.27. The molecule has 1 unspecified atom stereocenters. The van der Waals surface area contributed by atoms with E-state index in [-0.39, 0.29) is 11.8 Å². The summed E-state index contributed by atoms with van der Waals surface area (Å²) in [5.41, 5.74) is 3.43. The maximum atomic E-state index is 15.2. The molecular formula is C25H32ClFN8. The molecule has 0 aliphatic carbocycles. The first kappa shape index (κ1) is 24.0. The lowest BCUT2D eigenvalue weighted by atomic mass is 9.86. The Hall–Kier alpha value is -2.75. The molecule has 1 aromatic carbocycles. The fraction of sp³-hybridized carbons (Fsp3) is 0.480. The second kappa shape index (κ2) is 10.1. The van der Waals surface area contributed by atoms with Crippen molar-refractivity contribution in [2.45, 2.75) is 45.1 Å². The van der Waals surface area contributed by atoms with Crippen LogP contribution in [0.25, 0.3) is 0 Å².